The van der Waals surface area contributed by atoms with Crippen molar-refractivity contribution in [3.63, 3.8) is 0 Å². The summed E-state index contributed by atoms with van der Waals surface area (Å²) in [5.41, 5.74) is 1.27. The van der Waals surface area contributed by atoms with Crippen LogP contribution in [-0.4, -0.2) is 19.3 Å². The van der Waals surface area contributed by atoms with E-state index in [2.05, 4.69) is 64.0 Å². The van der Waals surface area contributed by atoms with Gasteiger partial charge in [-0.2, -0.15) is 0 Å². The second-order valence-electron chi connectivity index (χ2n) is 4.17. The first-order valence-corrected chi connectivity index (χ1v) is 8.24. The number of hydrogen-bond donors (Lipinski definition) is 1. The molecule has 0 amide bonds. The fourth-order valence-electron chi connectivity index (χ4n) is 1.46. The monoisotopic (exact) mass is 383 g/mol. The lowest BCUT2D eigenvalue weighted by Gasteiger charge is -2.19. The summed E-state index contributed by atoms with van der Waals surface area (Å²) in [6, 6.07) is 2.42. The zero-order chi connectivity index (χ0) is 12.8. The largest absolute Gasteiger partial charge is 0.377 e. The first-order chi connectivity index (χ1) is 8.04. The lowest BCUT2D eigenvalue weighted by molar-refractivity contribution is 0.0611. The van der Waals surface area contributed by atoms with Crippen molar-refractivity contribution in [2.45, 2.75) is 39.3 Å². The second kappa shape index (κ2) is 7.89. The fraction of sp³-hybridized carbons (Fsp3) is 0.667. The molecule has 0 saturated carbocycles. The van der Waals surface area contributed by atoms with Crippen LogP contribution in [0.5, 0.6) is 0 Å². The van der Waals surface area contributed by atoms with Gasteiger partial charge in [-0.25, -0.2) is 0 Å². The Labute approximate surface area is 124 Å². The summed E-state index contributed by atoms with van der Waals surface area (Å²) in [4.78, 5) is 0. The Morgan fingerprint density at radius 3 is 2.59 bits per heavy atom. The van der Waals surface area contributed by atoms with Crippen LogP contribution in [0.3, 0.4) is 0 Å². The fourth-order valence-corrected chi connectivity index (χ4v) is 4.43. The maximum Gasteiger partial charge on any atom is 0.0759 e. The van der Waals surface area contributed by atoms with E-state index in [0.717, 1.165) is 16.8 Å². The molecule has 2 nitrogen and oxygen atoms in total. The molecule has 1 N–H and O–H groups in total. The van der Waals surface area contributed by atoms with Gasteiger partial charge in [0.1, 0.15) is 0 Å². The molecule has 98 valence electrons. The molecule has 1 rings (SSSR count). The quantitative estimate of drug-likeness (QED) is 0.732. The third kappa shape index (κ3) is 5.39. The van der Waals surface area contributed by atoms with Gasteiger partial charge < -0.3 is 10.1 Å². The van der Waals surface area contributed by atoms with Crippen LogP contribution in [0.4, 0.5) is 0 Å². The van der Waals surface area contributed by atoms with Crippen LogP contribution in [-0.2, 0) is 4.74 Å². The molecule has 0 aromatic carbocycles. The molecule has 0 saturated heterocycles. The molecule has 5 heteroatoms. The molecule has 1 aromatic heterocycles. The molecule has 1 heterocycles. The third-order valence-corrected chi connectivity index (χ3v) is 4.68. The third-order valence-electron chi connectivity index (χ3n) is 2.30. The van der Waals surface area contributed by atoms with Crippen LogP contribution in [0.25, 0.3) is 0 Å². The molecule has 1 aromatic rings. The molecule has 1 atom stereocenters. The van der Waals surface area contributed by atoms with Crippen LogP contribution >= 0.6 is 43.2 Å². The van der Waals surface area contributed by atoms with Gasteiger partial charge in [0.25, 0.3) is 0 Å². The van der Waals surface area contributed by atoms with Crippen LogP contribution in [0.1, 0.15) is 38.8 Å². The van der Waals surface area contributed by atoms with E-state index in [0.29, 0.717) is 6.61 Å². The van der Waals surface area contributed by atoms with Crippen molar-refractivity contribution in [2.75, 3.05) is 13.2 Å². The Kier molecular flexibility index (Phi) is 7.26. The van der Waals surface area contributed by atoms with Crippen molar-refractivity contribution in [3.8, 4) is 0 Å². The highest BCUT2D eigenvalue weighted by atomic mass is 79.9. The van der Waals surface area contributed by atoms with Gasteiger partial charge in [0.05, 0.1) is 26.3 Å². The van der Waals surface area contributed by atoms with E-state index < -0.39 is 0 Å². The van der Waals surface area contributed by atoms with Gasteiger partial charge in [0, 0.05) is 0 Å². The highest BCUT2D eigenvalue weighted by Gasteiger charge is 2.17. The Balaban J connectivity index is 2.70. The van der Waals surface area contributed by atoms with E-state index in [4.69, 9.17) is 4.74 Å². The number of ether oxygens (including phenoxy) is 1. The topological polar surface area (TPSA) is 21.3 Å². The minimum atomic E-state index is 0.259. The predicted molar refractivity (Wildman–Crippen MR) is 81.8 cm³/mol. The first-order valence-electron chi connectivity index (χ1n) is 5.84. The number of hydrogen-bond acceptors (Lipinski definition) is 3. The van der Waals surface area contributed by atoms with Gasteiger partial charge in [0.2, 0.25) is 0 Å². The molecule has 0 radical (unpaired) electrons. The average Bonchev–Trinajstić information content (AvgIpc) is 2.58. The van der Waals surface area contributed by atoms with E-state index in [1.807, 2.05) is 0 Å². The Bertz CT molecular complexity index is 341. The van der Waals surface area contributed by atoms with Crippen molar-refractivity contribution in [1.29, 1.82) is 0 Å². The molecule has 0 aliphatic rings. The molecule has 0 aliphatic heterocycles. The minimum Gasteiger partial charge on any atom is -0.377 e. The highest BCUT2D eigenvalue weighted by Crippen LogP contribution is 2.35. The Morgan fingerprint density at radius 1 is 1.41 bits per heavy atom. The van der Waals surface area contributed by atoms with E-state index >= 15 is 0 Å². The molecular weight excluding hydrogens is 366 g/mol. The molecule has 17 heavy (non-hydrogen) atoms. The number of thiophene rings is 1. The van der Waals surface area contributed by atoms with Crippen molar-refractivity contribution >= 4 is 43.2 Å². The zero-order valence-corrected chi connectivity index (χ0v) is 14.4. The van der Waals surface area contributed by atoms with Gasteiger partial charge in [-0.05, 0) is 70.3 Å². The van der Waals surface area contributed by atoms with E-state index in [-0.39, 0.29) is 12.1 Å². The van der Waals surface area contributed by atoms with Gasteiger partial charge in [0.15, 0.2) is 0 Å². The zero-order valence-electron chi connectivity index (χ0n) is 10.4. The van der Waals surface area contributed by atoms with E-state index in [1.165, 1.54) is 9.35 Å². The summed E-state index contributed by atoms with van der Waals surface area (Å²) in [6.07, 6.45) is 1.39. The minimum absolute atomic E-state index is 0.259. The Hall–Kier alpha value is 0.580. The number of halogens is 2. The summed E-state index contributed by atoms with van der Waals surface area (Å²) in [5, 5.41) is 3.53. The SMILES string of the molecule is CCCNC(COC(C)C)c1cc(Br)sc1Br. The smallest absolute Gasteiger partial charge is 0.0759 e. The second-order valence-corrected chi connectivity index (χ2v) is 7.92. The summed E-state index contributed by atoms with van der Waals surface area (Å²) in [7, 11) is 0. The van der Waals surface area contributed by atoms with Crippen molar-refractivity contribution in [3.05, 3.63) is 19.2 Å². The maximum atomic E-state index is 5.73. The highest BCUT2D eigenvalue weighted by molar-refractivity contribution is 9.12. The van der Waals surface area contributed by atoms with Crippen molar-refractivity contribution < 1.29 is 4.74 Å². The first kappa shape index (κ1) is 15.6. The summed E-state index contributed by atoms with van der Waals surface area (Å²) in [6.45, 7) is 8.02. The number of nitrogens with one attached hydrogen (secondary N) is 1. The van der Waals surface area contributed by atoms with Crippen molar-refractivity contribution in [1.82, 2.24) is 5.32 Å². The molecule has 1 unspecified atom stereocenters. The van der Waals surface area contributed by atoms with Gasteiger partial charge >= 0.3 is 0 Å². The molecule has 0 aliphatic carbocycles. The van der Waals surface area contributed by atoms with Gasteiger partial charge in [-0.3, -0.25) is 0 Å². The van der Waals surface area contributed by atoms with E-state index in [1.54, 1.807) is 11.3 Å². The van der Waals surface area contributed by atoms with Crippen LogP contribution in [0, 0.1) is 0 Å². The normalized spacial score (nSPS) is 13.3. The maximum absolute atomic E-state index is 5.73. The summed E-state index contributed by atoms with van der Waals surface area (Å²) in [5.74, 6) is 0. The molecular formula is C12H19Br2NOS. The van der Waals surface area contributed by atoms with Crippen molar-refractivity contribution in [2.24, 2.45) is 0 Å². The average molecular weight is 385 g/mol. The molecule has 0 fully saturated rings. The van der Waals surface area contributed by atoms with Crippen LogP contribution in [0.15, 0.2) is 13.6 Å². The Morgan fingerprint density at radius 2 is 2.12 bits per heavy atom. The predicted octanol–water partition coefficient (Wildman–Crippen LogP) is 4.74. The standard InChI is InChI=1S/C12H19Br2NOS/c1-4-5-15-10(7-16-8(2)3)9-6-11(13)17-12(9)14/h6,8,10,15H,4-5,7H2,1-3H3. The summed E-state index contributed by atoms with van der Waals surface area (Å²) >= 11 is 8.83. The molecule has 0 bridgehead atoms. The number of rotatable bonds is 7. The van der Waals surface area contributed by atoms with Crippen LogP contribution in [0.2, 0.25) is 0 Å². The van der Waals surface area contributed by atoms with Gasteiger partial charge in [-0.15, -0.1) is 11.3 Å². The molecule has 0 spiro atoms. The van der Waals surface area contributed by atoms with E-state index in [9.17, 15) is 0 Å². The van der Waals surface area contributed by atoms with Gasteiger partial charge in [-0.1, -0.05) is 6.92 Å². The lowest BCUT2D eigenvalue weighted by Crippen LogP contribution is -2.27. The lowest BCUT2D eigenvalue weighted by atomic mass is 10.1. The summed E-state index contributed by atoms with van der Waals surface area (Å²) < 4.78 is 8.04. The van der Waals surface area contributed by atoms with Crippen LogP contribution < -0.4 is 5.32 Å².